The summed E-state index contributed by atoms with van der Waals surface area (Å²) in [4.78, 5) is 0. The van der Waals surface area contributed by atoms with E-state index in [1.54, 1.807) is 0 Å². The van der Waals surface area contributed by atoms with E-state index in [0.29, 0.717) is 6.04 Å². The molecule has 0 fully saturated rings. The molecule has 0 bridgehead atoms. The lowest BCUT2D eigenvalue weighted by Crippen LogP contribution is -2.17. The Labute approximate surface area is 121 Å². The van der Waals surface area contributed by atoms with Crippen LogP contribution < -0.4 is 5.32 Å². The van der Waals surface area contributed by atoms with Crippen LogP contribution in [-0.2, 0) is 6.54 Å². The predicted octanol–water partition coefficient (Wildman–Crippen LogP) is 4.95. The Morgan fingerprint density at radius 1 is 1.06 bits per heavy atom. The van der Waals surface area contributed by atoms with E-state index in [1.165, 1.54) is 11.1 Å². The number of halogens is 2. The van der Waals surface area contributed by atoms with Crippen LogP contribution in [0.3, 0.4) is 0 Å². The maximum atomic E-state index is 5.86. The Morgan fingerprint density at radius 3 is 2.28 bits per heavy atom. The van der Waals surface area contributed by atoms with Gasteiger partial charge >= 0.3 is 0 Å². The van der Waals surface area contributed by atoms with Gasteiger partial charge in [-0.1, -0.05) is 51.8 Å². The highest BCUT2D eigenvalue weighted by atomic mass is 79.9. The van der Waals surface area contributed by atoms with Crippen molar-refractivity contribution in [2.45, 2.75) is 19.5 Å². The van der Waals surface area contributed by atoms with E-state index in [-0.39, 0.29) is 0 Å². The van der Waals surface area contributed by atoms with Crippen molar-refractivity contribution in [2.24, 2.45) is 0 Å². The van der Waals surface area contributed by atoms with Gasteiger partial charge in [0, 0.05) is 22.1 Å². The molecule has 0 heterocycles. The molecule has 0 aliphatic carbocycles. The summed E-state index contributed by atoms with van der Waals surface area (Å²) in [6.07, 6.45) is 0. The fourth-order valence-corrected chi connectivity index (χ4v) is 2.13. The summed E-state index contributed by atoms with van der Waals surface area (Å²) in [6.45, 7) is 3.01. The van der Waals surface area contributed by atoms with Crippen LogP contribution in [0.4, 0.5) is 0 Å². The second-order valence-electron chi connectivity index (χ2n) is 4.28. The minimum Gasteiger partial charge on any atom is -0.306 e. The Bertz CT molecular complexity index is 493. The molecule has 1 nitrogen and oxygen atoms in total. The van der Waals surface area contributed by atoms with Gasteiger partial charge in [-0.05, 0) is 42.3 Å². The lowest BCUT2D eigenvalue weighted by molar-refractivity contribution is 0.574. The first-order valence-electron chi connectivity index (χ1n) is 5.88. The van der Waals surface area contributed by atoms with Gasteiger partial charge in [-0.2, -0.15) is 0 Å². The molecule has 0 spiro atoms. The molecule has 18 heavy (non-hydrogen) atoms. The van der Waals surface area contributed by atoms with Crippen LogP contribution in [0.2, 0.25) is 5.02 Å². The fourth-order valence-electron chi connectivity index (χ4n) is 1.74. The SMILES string of the molecule is CC(NCc1ccc(Cl)cc1)c1ccc(Br)cc1. The van der Waals surface area contributed by atoms with Gasteiger partial charge < -0.3 is 5.32 Å². The Kier molecular flexibility index (Phi) is 4.81. The molecule has 3 heteroatoms. The van der Waals surface area contributed by atoms with Crippen LogP contribution in [0.15, 0.2) is 53.0 Å². The molecule has 0 saturated carbocycles. The second kappa shape index (κ2) is 6.37. The second-order valence-corrected chi connectivity index (χ2v) is 5.63. The molecule has 2 aromatic carbocycles. The minimum absolute atomic E-state index is 0.328. The third-order valence-corrected chi connectivity index (χ3v) is 3.68. The van der Waals surface area contributed by atoms with Gasteiger partial charge in [0.15, 0.2) is 0 Å². The average Bonchev–Trinajstić information content (AvgIpc) is 2.38. The van der Waals surface area contributed by atoms with Gasteiger partial charge in [-0.15, -0.1) is 0 Å². The van der Waals surface area contributed by atoms with Crippen LogP contribution >= 0.6 is 27.5 Å². The Hall–Kier alpha value is -0.830. The zero-order valence-electron chi connectivity index (χ0n) is 10.2. The van der Waals surface area contributed by atoms with Crippen molar-refractivity contribution in [2.75, 3.05) is 0 Å². The van der Waals surface area contributed by atoms with Gasteiger partial charge in [0.25, 0.3) is 0 Å². The van der Waals surface area contributed by atoms with Crippen molar-refractivity contribution >= 4 is 27.5 Å². The maximum Gasteiger partial charge on any atom is 0.0406 e. The quantitative estimate of drug-likeness (QED) is 0.838. The monoisotopic (exact) mass is 323 g/mol. The van der Waals surface area contributed by atoms with Crippen molar-refractivity contribution in [1.29, 1.82) is 0 Å². The molecule has 0 aromatic heterocycles. The highest BCUT2D eigenvalue weighted by Crippen LogP contribution is 2.17. The molecule has 1 N–H and O–H groups in total. The first kappa shape index (κ1) is 13.6. The van der Waals surface area contributed by atoms with Gasteiger partial charge in [-0.3, -0.25) is 0 Å². The normalized spacial score (nSPS) is 12.4. The summed E-state index contributed by atoms with van der Waals surface area (Å²) >= 11 is 9.30. The standard InChI is InChI=1S/C15H15BrClN/c1-11(13-4-6-14(16)7-5-13)18-10-12-2-8-15(17)9-3-12/h2-9,11,18H,10H2,1H3. The number of hydrogen-bond donors (Lipinski definition) is 1. The zero-order chi connectivity index (χ0) is 13.0. The van der Waals surface area contributed by atoms with Crippen LogP contribution in [0.25, 0.3) is 0 Å². The van der Waals surface area contributed by atoms with Gasteiger partial charge in [0.05, 0.1) is 0 Å². The van der Waals surface area contributed by atoms with Crippen LogP contribution in [-0.4, -0.2) is 0 Å². The molecular weight excluding hydrogens is 310 g/mol. The van der Waals surface area contributed by atoms with E-state index in [1.807, 2.05) is 24.3 Å². The number of benzene rings is 2. The molecule has 0 radical (unpaired) electrons. The first-order chi connectivity index (χ1) is 8.65. The third kappa shape index (κ3) is 3.84. The van der Waals surface area contributed by atoms with E-state index in [4.69, 9.17) is 11.6 Å². The van der Waals surface area contributed by atoms with E-state index < -0.39 is 0 Å². The van der Waals surface area contributed by atoms with Gasteiger partial charge in [-0.25, -0.2) is 0 Å². The minimum atomic E-state index is 0.328. The van der Waals surface area contributed by atoms with Crippen molar-refractivity contribution < 1.29 is 0 Å². The zero-order valence-corrected chi connectivity index (χ0v) is 12.5. The Morgan fingerprint density at radius 2 is 1.67 bits per heavy atom. The highest BCUT2D eigenvalue weighted by Gasteiger charge is 2.04. The summed E-state index contributed by atoms with van der Waals surface area (Å²) in [7, 11) is 0. The average molecular weight is 325 g/mol. The van der Waals surface area contributed by atoms with Crippen molar-refractivity contribution in [3.63, 3.8) is 0 Å². The highest BCUT2D eigenvalue weighted by molar-refractivity contribution is 9.10. The molecule has 2 aromatic rings. The number of hydrogen-bond acceptors (Lipinski definition) is 1. The topological polar surface area (TPSA) is 12.0 Å². The molecule has 1 unspecified atom stereocenters. The van der Waals surface area contributed by atoms with Crippen molar-refractivity contribution in [3.8, 4) is 0 Å². The smallest absolute Gasteiger partial charge is 0.0406 e. The van der Waals surface area contributed by atoms with Gasteiger partial charge in [0.2, 0.25) is 0 Å². The van der Waals surface area contributed by atoms with Gasteiger partial charge in [0.1, 0.15) is 0 Å². The fraction of sp³-hybridized carbons (Fsp3) is 0.200. The van der Waals surface area contributed by atoms with E-state index in [2.05, 4.69) is 52.4 Å². The first-order valence-corrected chi connectivity index (χ1v) is 7.05. The molecular formula is C15H15BrClN. The van der Waals surface area contributed by atoms with Crippen molar-refractivity contribution in [1.82, 2.24) is 5.32 Å². The van der Waals surface area contributed by atoms with Crippen LogP contribution in [0.5, 0.6) is 0 Å². The molecule has 0 aliphatic heterocycles. The molecule has 0 amide bonds. The number of rotatable bonds is 4. The lowest BCUT2D eigenvalue weighted by atomic mass is 10.1. The Balaban J connectivity index is 1.93. The largest absolute Gasteiger partial charge is 0.306 e. The number of nitrogens with one attached hydrogen (secondary N) is 1. The van der Waals surface area contributed by atoms with E-state index in [9.17, 15) is 0 Å². The van der Waals surface area contributed by atoms with E-state index >= 15 is 0 Å². The lowest BCUT2D eigenvalue weighted by Gasteiger charge is -2.14. The third-order valence-electron chi connectivity index (χ3n) is 2.90. The molecule has 0 saturated heterocycles. The predicted molar refractivity (Wildman–Crippen MR) is 80.8 cm³/mol. The summed E-state index contributed by atoms with van der Waals surface area (Å²) in [6, 6.07) is 16.6. The molecule has 1 atom stereocenters. The molecule has 0 aliphatic rings. The molecule has 2 rings (SSSR count). The van der Waals surface area contributed by atoms with Crippen LogP contribution in [0.1, 0.15) is 24.1 Å². The van der Waals surface area contributed by atoms with Crippen molar-refractivity contribution in [3.05, 3.63) is 69.2 Å². The summed E-state index contributed by atoms with van der Waals surface area (Å²) in [5.74, 6) is 0. The summed E-state index contributed by atoms with van der Waals surface area (Å²) < 4.78 is 1.11. The summed E-state index contributed by atoms with van der Waals surface area (Å²) in [5, 5.41) is 4.27. The van der Waals surface area contributed by atoms with Crippen LogP contribution in [0, 0.1) is 0 Å². The maximum absolute atomic E-state index is 5.86. The summed E-state index contributed by atoms with van der Waals surface area (Å²) in [5.41, 5.74) is 2.52. The molecule has 94 valence electrons. The van der Waals surface area contributed by atoms with E-state index in [0.717, 1.165) is 16.0 Å².